The molecule has 0 N–H and O–H groups in total. The monoisotopic (exact) mass is 274 g/mol. The largest absolute Gasteiger partial charge is 0.484 e. The van der Waals surface area contributed by atoms with Crippen molar-refractivity contribution >= 4 is 9.53 Å². The van der Waals surface area contributed by atoms with Gasteiger partial charge in [-0.05, 0) is 26.2 Å². The van der Waals surface area contributed by atoms with E-state index in [9.17, 15) is 0 Å². The van der Waals surface area contributed by atoms with Crippen molar-refractivity contribution < 1.29 is 13.3 Å². The van der Waals surface area contributed by atoms with Crippen molar-refractivity contribution in [2.75, 3.05) is 19.8 Å². The predicted molar refractivity (Wildman–Crippen MR) is 76.8 cm³/mol. The summed E-state index contributed by atoms with van der Waals surface area (Å²) >= 11 is 0. The van der Waals surface area contributed by atoms with Crippen molar-refractivity contribution in [1.82, 2.24) is 0 Å². The first-order valence-corrected chi connectivity index (χ1v) is 9.13. The zero-order valence-corrected chi connectivity index (χ0v) is 13.3. The minimum absolute atomic E-state index is 0.693. The van der Waals surface area contributed by atoms with Gasteiger partial charge >= 0.3 is 9.53 Å². The molecule has 0 aromatic rings. The molecule has 18 heavy (non-hydrogen) atoms. The molecule has 0 unspecified atom stereocenters. The molecule has 3 nitrogen and oxygen atoms in total. The standard InChI is InChI=1S/C14H30O3Si/c1-3-15-18(16-4-2)17-13-9-8-12-14-10-6-5-7-11-14/h14,18H,3-13H2,1-2H3. The molecule has 0 atom stereocenters. The first kappa shape index (κ1) is 16.2. The summed E-state index contributed by atoms with van der Waals surface area (Å²) < 4.78 is 16.7. The van der Waals surface area contributed by atoms with Gasteiger partial charge in [0.2, 0.25) is 0 Å². The van der Waals surface area contributed by atoms with Crippen molar-refractivity contribution in [3.63, 3.8) is 0 Å². The minimum atomic E-state index is -1.81. The van der Waals surface area contributed by atoms with Crippen LogP contribution in [0.25, 0.3) is 0 Å². The fraction of sp³-hybridized carbons (Fsp3) is 1.00. The molecule has 108 valence electrons. The molecular weight excluding hydrogens is 244 g/mol. The summed E-state index contributed by atoms with van der Waals surface area (Å²) in [7, 11) is -1.81. The molecule has 1 saturated carbocycles. The lowest BCUT2D eigenvalue weighted by Gasteiger charge is -2.21. The van der Waals surface area contributed by atoms with Gasteiger partial charge in [-0.3, -0.25) is 0 Å². The molecular formula is C14H30O3Si. The number of rotatable bonds is 10. The SMILES string of the molecule is CCO[SiH](OCC)OCCCCC1CCCCC1. The lowest BCUT2D eigenvalue weighted by Crippen LogP contribution is -2.27. The summed E-state index contributed by atoms with van der Waals surface area (Å²) in [6.07, 6.45) is 11.1. The van der Waals surface area contributed by atoms with E-state index in [2.05, 4.69) is 0 Å². The van der Waals surface area contributed by atoms with Crippen LogP contribution in [-0.2, 0) is 13.3 Å². The fourth-order valence-electron chi connectivity index (χ4n) is 2.61. The molecule has 4 heteroatoms. The van der Waals surface area contributed by atoms with Gasteiger partial charge in [-0.25, -0.2) is 0 Å². The van der Waals surface area contributed by atoms with Crippen LogP contribution in [0.5, 0.6) is 0 Å². The van der Waals surface area contributed by atoms with Crippen LogP contribution in [0.4, 0.5) is 0 Å². The van der Waals surface area contributed by atoms with Crippen molar-refractivity contribution in [2.24, 2.45) is 5.92 Å². The van der Waals surface area contributed by atoms with E-state index in [0.717, 1.165) is 18.9 Å². The fourth-order valence-corrected chi connectivity index (χ4v) is 3.80. The number of unbranched alkanes of at least 4 members (excludes halogenated alkanes) is 1. The molecule has 0 spiro atoms. The van der Waals surface area contributed by atoms with Crippen LogP contribution in [0.2, 0.25) is 0 Å². The molecule has 1 aliphatic carbocycles. The Morgan fingerprint density at radius 1 is 0.889 bits per heavy atom. The second kappa shape index (κ2) is 11.0. The molecule has 0 bridgehead atoms. The Labute approximate surface area is 114 Å². The summed E-state index contributed by atoms with van der Waals surface area (Å²) in [6, 6.07) is 0. The summed E-state index contributed by atoms with van der Waals surface area (Å²) in [5, 5.41) is 0. The van der Waals surface area contributed by atoms with Gasteiger partial charge in [0.15, 0.2) is 0 Å². The van der Waals surface area contributed by atoms with E-state index in [-0.39, 0.29) is 0 Å². The maximum Gasteiger partial charge on any atom is 0.484 e. The zero-order chi connectivity index (χ0) is 13.1. The summed E-state index contributed by atoms with van der Waals surface area (Å²) in [5.41, 5.74) is 0. The quantitative estimate of drug-likeness (QED) is 0.450. The number of hydrogen-bond donors (Lipinski definition) is 0. The molecule has 0 aliphatic heterocycles. The Balaban J connectivity index is 1.95. The van der Waals surface area contributed by atoms with E-state index < -0.39 is 9.53 Å². The smallest absolute Gasteiger partial charge is 0.376 e. The second-order valence-corrected chi connectivity index (χ2v) is 6.65. The van der Waals surface area contributed by atoms with Gasteiger partial charge < -0.3 is 13.3 Å². The Bertz CT molecular complexity index is 178. The molecule has 0 aromatic carbocycles. The first-order valence-electron chi connectivity index (χ1n) is 7.71. The van der Waals surface area contributed by atoms with Gasteiger partial charge in [-0.15, -0.1) is 0 Å². The van der Waals surface area contributed by atoms with Crippen LogP contribution in [-0.4, -0.2) is 29.3 Å². The summed E-state index contributed by atoms with van der Waals surface area (Å²) in [4.78, 5) is 0. The molecule has 1 aliphatic rings. The third-order valence-corrected chi connectivity index (χ3v) is 5.31. The minimum Gasteiger partial charge on any atom is -0.376 e. The summed E-state index contributed by atoms with van der Waals surface area (Å²) in [6.45, 7) is 6.18. The van der Waals surface area contributed by atoms with E-state index in [1.807, 2.05) is 13.8 Å². The van der Waals surface area contributed by atoms with Crippen molar-refractivity contribution in [1.29, 1.82) is 0 Å². The molecule has 0 amide bonds. The Hall–Kier alpha value is 0.0969. The Morgan fingerprint density at radius 2 is 1.56 bits per heavy atom. The van der Waals surface area contributed by atoms with Crippen LogP contribution < -0.4 is 0 Å². The topological polar surface area (TPSA) is 27.7 Å². The van der Waals surface area contributed by atoms with E-state index in [1.54, 1.807) is 0 Å². The van der Waals surface area contributed by atoms with Crippen molar-refractivity contribution in [2.45, 2.75) is 65.2 Å². The van der Waals surface area contributed by atoms with E-state index in [0.29, 0.717) is 13.2 Å². The predicted octanol–water partition coefficient (Wildman–Crippen LogP) is 3.54. The van der Waals surface area contributed by atoms with Crippen LogP contribution in [0, 0.1) is 5.92 Å². The lowest BCUT2D eigenvalue weighted by atomic mass is 9.86. The molecule has 0 radical (unpaired) electrons. The van der Waals surface area contributed by atoms with Crippen molar-refractivity contribution in [3.8, 4) is 0 Å². The highest BCUT2D eigenvalue weighted by atomic mass is 28.3. The van der Waals surface area contributed by atoms with Crippen LogP contribution in [0.15, 0.2) is 0 Å². The molecule has 1 rings (SSSR count). The second-order valence-electron chi connectivity index (χ2n) is 5.07. The highest BCUT2D eigenvalue weighted by Crippen LogP contribution is 2.27. The third kappa shape index (κ3) is 7.51. The first-order chi connectivity index (χ1) is 8.86. The maximum atomic E-state index is 5.71. The van der Waals surface area contributed by atoms with E-state index in [1.165, 1.54) is 44.9 Å². The van der Waals surface area contributed by atoms with Crippen LogP contribution in [0.3, 0.4) is 0 Å². The average Bonchev–Trinajstić information content (AvgIpc) is 2.40. The highest BCUT2D eigenvalue weighted by Gasteiger charge is 2.14. The van der Waals surface area contributed by atoms with Gasteiger partial charge in [-0.1, -0.05) is 44.9 Å². The van der Waals surface area contributed by atoms with Gasteiger partial charge in [0, 0.05) is 19.8 Å². The maximum absolute atomic E-state index is 5.71. The normalized spacial score (nSPS) is 17.5. The van der Waals surface area contributed by atoms with Gasteiger partial charge in [0.25, 0.3) is 0 Å². The van der Waals surface area contributed by atoms with Crippen molar-refractivity contribution in [3.05, 3.63) is 0 Å². The van der Waals surface area contributed by atoms with Crippen LogP contribution in [0.1, 0.15) is 65.2 Å². The van der Waals surface area contributed by atoms with Gasteiger partial charge in [0.05, 0.1) is 0 Å². The lowest BCUT2D eigenvalue weighted by molar-refractivity contribution is 0.0998. The number of hydrogen-bond acceptors (Lipinski definition) is 3. The van der Waals surface area contributed by atoms with Gasteiger partial charge in [0.1, 0.15) is 0 Å². The highest BCUT2D eigenvalue weighted by molar-refractivity contribution is 6.36. The van der Waals surface area contributed by atoms with Crippen LogP contribution >= 0.6 is 0 Å². The zero-order valence-electron chi connectivity index (χ0n) is 12.2. The molecule has 0 saturated heterocycles. The Morgan fingerprint density at radius 3 is 2.17 bits per heavy atom. The molecule has 0 heterocycles. The van der Waals surface area contributed by atoms with E-state index in [4.69, 9.17) is 13.3 Å². The third-order valence-electron chi connectivity index (χ3n) is 3.59. The molecule has 0 aromatic heterocycles. The molecule has 1 fully saturated rings. The Kier molecular flexibility index (Phi) is 9.84. The average molecular weight is 274 g/mol. The van der Waals surface area contributed by atoms with E-state index >= 15 is 0 Å². The summed E-state index contributed by atoms with van der Waals surface area (Å²) in [5.74, 6) is 0.991. The van der Waals surface area contributed by atoms with Gasteiger partial charge in [-0.2, -0.15) is 0 Å².